The largest absolute Gasteiger partial charge is 0.344 e. The van der Waals surface area contributed by atoms with Crippen LogP contribution < -0.4 is 5.32 Å². The van der Waals surface area contributed by atoms with Gasteiger partial charge in [-0.2, -0.15) is 8.78 Å². The Morgan fingerprint density at radius 3 is 2.55 bits per heavy atom. The zero-order chi connectivity index (χ0) is 16.3. The highest BCUT2D eigenvalue weighted by Gasteiger charge is 2.23. The van der Waals surface area contributed by atoms with E-state index in [0.717, 1.165) is 10.1 Å². The molecule has 0 aliphatic heterocycles. The Balaban J connectivity index is 2.26. The Kier molecular flexibility index (Phi) is 4.90. The Hall–Kier alpha value is -2.24. The van der Waals surface area contributed by atoms with Crippen LogP contribution in [0.3, 0.4) is 0 Å². The van der Waals surface area contributed by atoms with Crippen LogP contribution in [0.5, 0.6) is 0 Å². The maximum atomic E-state index is 13.1. The van der Waals surface area contributed by atoms with Gasteiger partial charge in [-0.05, 0) is 36.6 Å². The van der Waals surface area contributed by atoms with Gasteiger partial charge in [0.1, 0.15) is 5.69 Å². The van der Waals surface area contributed by atoms with Crippen LogP contribution in [0.4, 0.5) is 8.78 Å². The molecule has 2 heterocycles. The molecule has 0 spiro atoms. The number of halogens is 2. The third-order valence-corrected chi connectivity index (χ3v) is 3.55. The van der Waals surface area contributed by atoms with Crippen molar-refractivity contribution in [2.24, 2.45) is 5.92 Å². The standard InChI is InChI=1S/C16H19F2N3O/c1-10(2)14(12-5-4-8-19-9-12)20-15(22)13-7-6-11(3)21(13)16(17)18/h4-10,14,16H,1-3H3,(H,20,22)/t14-/m1/s1. The Morgan fingerprint density at radius 2 is 2.00 bits per heavy atom. The molecule has 6 heteroatoms. The highest BCUT2D eigenvalue weighted by Crippen LogP contribution is 2.23. The number of alkyl halides is 2. The van der Waals surface area contributed by atoms with Crippen LogP contribution in [-0.2, 0) is 0 Å². The van der Waals surface area contributed by atoms with Gasteiger partial charge in [0.05, 0.1) is 6.04 Å². The first kappa shape index (κ1) is 16.1. The van der Waals surface area contributed by atoms with Crippen LogP contribution in [0.2, 0.25) is 0 Å². The summed E-state index contributed by atoms with van der Waals surface area (Å²) in [5.41, 5.74) is 1.15. The lowest BCUT2D eigenvalue weighted by atomic mass is 9.97. The third-order valence-electron chi connectivity index (χ3n) is 3.55. The van der Waals surface area contributed by atoms with Crippen LogP contribution in [0.1, 0.15) is 48.2 Å². The van der Waals surface area contributed by atoms with Gasteiger partial charge in [-0.25, -0.2) is 0 Å². The minimum Gasteiger partial charge on any atom is -0.344 e. The SMILES string of the molecule is Cc1ccc(C(=O)N[C@@H](c2cccnc2)C(C)C)n1C(F)F. The van der Waals surface area contributed by atoms with Crippen molar-refractivity contribution in [2.75, 3.05) is 0 Å². The monoisotopic (exact) mass is 307 g/mol. The second kappa shape index (κ2) is 6.68. The molecule has 0 aliphatic carbocycles. The van der Waals surface area contributed by atoms with Gasteiger partial charge < -0.3 is 5.32 Å². The zero-order valence-corrected chi connectivity index (χ0v) is 12.8. The lowest BCUT2D eigenvalue weighted by molar-refractivity contribution is 0.0611. The van der Waals surface area contributed by atoms with Gasteiger partial charge in [0.25, 0.3) is 5.91 Å². The molecule has 4 nitrogen and oxygen atoms in total. The molecule has 2 rings (SSSR count). The maximum Gasteiger partial charge on any atom is 0.319 e. The van der Waals surface area contributed by atoms with Gasteiger partial charge in [0, 0.05) is 18.1 Å². The van der Waals surface area contributed by atoms with Crippen molar-refractivity contribution < 1.29 is 13.6 Å². The van der Waals surface area contributed by atoms with Gasteiger partial charge in [0.15, 0.2) is 0 Å². The van der Waals surface area contributed by atoms with Gasteiger partial charge >= 0.3 is 6.55 Å². The molecule has 1 atom stereocenters. The van der Waals surface area contributed by atoms with Crippen LogP contribution in [0, 0.1) is 12.8 Å². The van der Waals surface area contributed by atoms with E-state index in [-0.39, 0.29) is 17.7 Å². The van der Waals surface area contributed by atoms with Gasteiger partial charge in [0.2, 0.25) is 0 Å². The number of aromatic nitrogens is 2. The molecular formula is C16H19F2N3O. The number of amides is 1. The Bertz CT molecular complexity index is 638. The third kappa shape index (κ3) is 3.32. The summed E-state index contributed by atoms with van der Waals surface area (Å²) in [4.78, 5) is 16.4. The molecule has 0 radical (unpaired) electrons. The lowest BCUT2D eigenvalue weighted by Gasteiger charge is -2.23. The predicted octanol–water partition coefficient (Wildman–Crippen LogP) is 3.71. The molecular weight excluding hydrogens is 288 g/mol. The summed E-state index contributed by atoms with van der Waals surface area (Å²) in [6.07, 6.45) is 3.32. The molecule has 1 N–H and O–H groups in total. The first-order valence-corrected chi connectivity index (χ1v) is 7.08. The van der Waals surface area contributed by atoms with Crippen molar-refractivity contribution in [2.45, 2.75) is 33.4 Å². The van der Waals surface area contributed by atoms with Crippen molar-refractivity contribution >= 4 is 5.91 Å². The van der Waals surface area contributed by atoms with E-state index in [1.807, 2.05) is 19.9 Å². The quantitative estimate of drug-likeness (QED) is 0.915. The summed E-state index contributed by atoms with van der Waals surface area (Å²) in [6, 6.07) is 6.27. The van der Waals surface area contributed by atoms with Crippen molar-refractivity contribution in [3.63, 3.8) is 0 Å². The Labute approximate surface area is 128 Å². The number of hydrogen-bond donors (Lipinski definition) is 1. The average Bonchev–Trinajstić information content (AvgIpc) is 2.87. The summed E-state index contributed by atoms with van der Waals surface area (Å²) >= 11 is 0. The Morgan fingerprint density at radius 1 is 1.27 bits per heavy atom. The van der Waals surface area contributed by atoms with E-state index in [1.165, 1.54) is 12.1 Å². The fourth-order valence-corrected chi connectivity index (χ4v) is 2.40. The van der Waals surface area contributed by atoms with Crippen molar-refractivity contribution in [1.82, 2.24) is 14.9 Å². The average molecular weight is 307 g/mol. The van der Waals surface area contributed by atoms with Gasteiger partial charge in [-0.3, -0.25) is 14.3 Å². The molecule has 118 valence electrons. The molecule has 0 saturated carbocycles. The van der Waals surface area contributed by atoms with Crippen LogP contribution >= 0.6 is 0 Å². The summed E-state index contributed by atoms with van der Waals surface area (Å²) in [6.45, 7) is 2.71. The van der Waals surface area contributed by atoms with Gasteiger partial charge in [-0.15, -0.1) is 0 Å². The predicted molar refractivity (Wildman–Crippen MR) is 79.7 cm³/mol. The molecule has 0 saturated heterocycles. The van der Waals surface area contributed by atoms with E-state index in [2.05, 4.69) is 10.3 Å². The number of aryl methyl sites for hydroxylation is 1. The van der Waals surface area contributed by atoms with Crippen LogP contribution in [0.25, 0.3) is 0 Å². The molecule has 0 bridgehead atoms. The number of nitrogens with one attached hydrogen (secondary N) is 1. The number of carbonyl (C=O) groups is 1. The number of nitrogens with zero attached hydrogens (tertiary/aromatic N) is 2. The molecule has 0 aromatic carbocycles. The molecule has 2 aromatic rings. The number of pyridine rings is 1. The minimum atomic E-state index is -2.74. The van der Waals surface area contributed by atoms with E-state index < -0.39 is 12.5 Å². The fourth-order valence-electron chi connectivity index (χ4n) is 2.40. The first-order chi connectivity index (χ1) is 10.4. The highest BCUT2D eigenvalue weighted by molar-refractivity contribution is 5.93. The van der Waals surface area contributed by atoms with E-state index in [1.54, 1.807) is 25.4 Å². The molecule has 2 aromatic heterocycles. The molecule has 22 heavy (non-hydrogen) atoms. The zero-order valence-electron chi connectivity index (χ0n) is 12.8. The topological polar surface area (TPSA) is 46.9 Å². The number of rotatable bonds is 5. The van der Waals surface area contributed by atoms with Gasteiger partial charge in [-0.1, -0.05) is 19.9 Å². The second-order valence-corrected chi connectivity index (χ2v) is 5.49. The number of hydrogen-bond acceptors (Lipinski definition) is 2. The van der Waals surface area contributed by atoms with Crippen molar-refractivity contribution in [1.29, 1.82) is 0 Å². The molecule has 1 amide bonds. The molecule has 0 unspecified atom stereocenters. The van der Waals surface area contributed by atoms with Crippen molar-refractivity contribution in [3.8, 4) is 0 Å². The number of carbonyl (C=O) groups excluding carboxylic acids is 1. The van der Waals surface area contributed by atoms with Crippen molar-refractivity contribution in [3.05, 3.63) is 53.6 Å². The van der Waals surface area contributed by atoms with Crippen LogP contribution in [0.15, 0.2) is 36.7 Å². The fraction of sp³-hybridized carbons (Fsp3) is 0.375. The summed E-state index contributed by atoms with van der Waals surface area (Å²) in [5.74, 6) is -0.417. The first-order valence-electron chi connectivity index (χ1n) is 7.08. The highest BCUT2D eigenvalue weighted by atomic mass is 19.3. The minimum absolute atomic E-state index is 0.0398. The molecule has 0 fully saturated rings. The van der Waals surface area contributed by atoms with E-state index in [4.69, 9.17) is 0 Å². The second-order valence-electron chi connectivity index (χ2n) is 5.49. The lowest BCUT2D eigenvalue weighted by Crippen LogP contribution is -2.33. The van der Waals surface area contributed by atoms with E-state index in [9.17, 15) is 13.6 Å². The van der Waals surface area contributed by atoms with Crippen LogP contribution in [-0.4, -0.2) is 15.5 Å². The van der Waals surface area contributed by atoms with E-state index in [0.29, 0.717) is 5.69 Å². The maximum absolute atomic E-state index is 13.1. The summed E-state index contributed by atoms with van der Waals surface area (Å²) in [5, 5.41) is 2.82. The smallest absolute Gasteiger partial charge is 0.319 e. The normalized spacial score (nSPS) is 12.7. The molecule has 0 aliphatic rings. The van der Waals surface area contributed by atoms with E-state index >= 15 is 0 Å². The summed E-state index contributed by atoms with van der Waals surface area (Å²) < 4.78 is 26.9. The summed E-state index contributed by atoms with van der Waals surface area (Å²) in [7, 11) is 0.